The number of nitrogens with zero attached hydrogens (tertiary/aromatic N) is 1. The van der Waals surface area contributed by atoms with Crippen molar-refractivity contribution in [3.05, 3.63) is 74.8 Å². The number of carbonyl (C=O) groups excluding carboxylic acids is 1. The third-order valence-electron chi connectivity index (χ3n) is 3.46. The summed E-state index contributed by atoms with van der Waals surface area (Å²) >= 11 is 6.00. The van der Waals surface area contributed by atoms with Gasteiger partial charge in [-0.05, 0) is 17.2 Å². The third-order valence-corrected chi connectivity index (χ3v) is 5.16. The summed E-state index contributed by atoms with van der Waals surface area (Å²) in [6.07, 6.45) is -0.727. The van der Waals surface area contributed by atoms with E-state index >= 15 is 0 Å². The van der Waals surface area contributed by atoms with Gasteiger partial charge in [-0.15, -0.1) is 0 Å². The minimum Gasteiger partial charge on any atom is -0.550 e. The lowest BCUT2D eigenvalue weighted by Gasteiger charge is -2.20. The topological polar surface area (TPSA) is 129 Å². The predicted octanol–water partition coefficient (Wildman–Crippen LogP) is 1.55. The van der Waals surface area contributed by atoms with Crippen molar-refractivity contribution in [2.75, 3.05) is 0 Å². The van der Waals surface area contributed by atoms with Crippen molar-refractivity contribution in [3.63, 3.8) is 0 Å². The zero-order chi connectivity index (χ0) is 19.3. The number of non-ortho nitro benzene ring substituents is 1. The Bertz CT molecular complexity index is 918. The number of aliphatic carboxylic acids is 1. The number of carbonyl (C=O) groups is 1. The molecule has 0 aliphatic carbocycles. The first-order valence-corrected chi connectivity index (χ1v) is 9.38. The Hall–Kier alpha value is -2.49. The molecule has 138 valence electrons. The van der Waals surface area contributed by atoms with Gasteiger partial charge in [0.15, 0.2) is 0 Å². The van der Waals surface area contributed by atoms with E-state index in [1.165, 1.54) is 6.07 Å². The van der Waals surface area contributed by atoms with E-state index in [-0.39, 0.29) is 22.0 Å². The van der Waals surface area contributed by atoms with Crippen LogP contribution >= 0.6 is 11.6 Å². The minimum absolute atomic E-state index is 0.00395. The van der Waals surface area contributed by atoms with Gasteiger partial charge in [0.1, 0.15) is 0 Å². The molecule has 2 aromatic rings. The number of nitrogens with one attached hydrogen (secondary N) is 1. The zero-order valence-corrected chi connectivity index (χ0v) is 14.9. The Kier molecular flexibility index (Phi) is 6.30. The van der Waals surface area contributed by atoms with Crippen LogP contribution < -0.4 is 9.83 Å². The summed E-state index contributed by atoms with van der Waals surface area (Å²) in [6.45, 7) is 0. The summed E-state index contributed by atoms with van der Waals surface area (Å²) in [4.78, 5) is 21.3. The largest absolute Gasteiger partial charge is 0.550 e. The molecule has 26 heavy (non-hydrogen) atoms. The van der Waals surface area contributed by atoms with Crippen LogP contribution in [0.15, 0.2) is 48.5 Å². The van der Waals surface area contributed by atoms with Gasteiger partial charge < -0.3 is 9.90 Å². The molecule has 1 N–H and O–H groups in total. The van der Waals surface area contributed by atoms with Crippen molar-refractivity contribution in [2.24, 2.45) is 0 Å². The molecule has 0 aliphatic rings. The highest BCUT2D eigenvalue weighted by molar-refractivity contribution is 7.88. The van der Waals surface area contributed by atoms with E-state index in [4.69, 9.17) is 11.6 Å². The molecular formula is C16H14ClN2O6S-. The van der Waals surface area contributed by atoms with Gasteiger partial charge >= 0.3 is 0 Å². The van der Waals surface area contributed by atoms with Crippen LogP contribution in [0, 0.1) is 10.1 Å². The molecule has 0 saturated carbocycles. The highest BCUT2D eigenvalue weighted by Gasteiger charge is 2.24. The predicted molar refractivity (Wildman–Crippen MR) is 92.7 cm³/mol. The first kappa shape index (κ1) is 19.8. The summed E-state index contributed by atoms with van der Waals surface area (Å²) in [6, 6.07) is 10.4. The maximum atomic E-state index is 12.4. The molecule has 0 aromatic heterocycles. The minimum atomic E-state index is -3.95. The molecule has 0 aliphatic heterocycles. The van der Waals surface area contributed by atoms with Crippen molar-refractivity contribution in [1.29, 1.82) is 0 Å². The number of sulfonamides is 1. The number of rotatable bonds is 8. The van der Waals surface area contributed by atoms with Crippen LogP contribution in [0.2, 0.25) is 5.02 Å². The highest BCUT2D eigenvalue weighted by Crippen LogP contribution is 2.30. The molecule has 0 radical (unpaired) electrons. The monoisotopic (exact) mass is 397 g/mol. The summed E-state index contributed by atoms with van der Waals surface area (Å²) in [5.74, 6) is -1.91. The molecule has 0 amide bonds. The van der Waals surface area contributed by atoms with Crippen LogP contribution in [0.1, 0.15) is 23.6 Å². The quantitative estimate of drug-likeness (QED) is 0.531. The average molecular weight is 398 g/mol. The lowest BCUT2D eigenvalue weighted by Crippen LogP contribution is -2.35. The molecule has 2 aromatic carbocycles. The molecular weight excluding hydrogens is 384 g/mol. The second-order valence-electron chi connectivity index (χ2n) is 5.45. The maximum absolute atomic E-state index is 12.4. The Morgan fingerprint density at radius 3 is 2.42 bits per heavy atom. The lowest BCUT2D eigenvalue weighted by molar-refractivity contribution is -0.385. The van der Waals surface area contributed by atoms with Gasteiger partial charge in [0.2, 0.25) is 10.0 Å². The summed E-state index contributed by atoms with van der Waals surface area (Å²) in [7, 11) is -3.95. The Morgan fingerprint density at radius 2 is 1.85 bits per heavy atom. The van der Waals surface area contributed by atoms with Gasteiger partial charge in [0.25, 0.3) is 5.69 Å². The van der Waals surface area contributed by atoms with E-state index in [0.717, 1.165) is 12.1 Å². The first-order valence-electron chi connectivity index (χ1n) is 7.35. The van der Waals surface area contributed by atoms with Gasteiger partial charge in [0, 0.05) is 29.5 Å². The number of carboxylic acids is 1. The number of benzene rings is 2. The van der Waals surface area contributed by atoms with Crippen molar-refractivity contribution >= 4 is 33.3 Å². The maximum Gasteiger partial charge on any atom is 0.269 e. The van der Waals surface area contributed by atoms with Crippen molar-refractivity contribution < 1.29 is 23.2 Å². The van der Waals surface area contributed by atoms with Gasteiger partial charge in [-0.3, -0.25) is 10.1 Å². The van der Waals surface area contributed by atoms with E-state index in [9.17, 15) is 28.4 Å². The van der Waals surface area contributed by atoms with Crippen LogP contribution in [0.5, 0.6) is 0 Å². The lowest BCUT2D eigenvalue weighted by atomic mass is 10.0. The number of hydrogen-bond acceptors (Lipinski definition) is 6. The molecule has 0 heterocycles. The van der Waals surface area contributed by atoms with Crippen LogP contribution in [0.3, 0.4) is 0 Å². The van der Waals surface area contributed by atoms with Crippen LogP contribution in [-0.2, 0) is 20.6 Å². The van der Waals surface area contributed by atoms with Crippen LogP contribution in [0.25, 0.3) is 0 Å². The zero-order valence-electron chi connectivity index (χ0n) is 13.3. The van der Waals surface area contributed by atoms with Crippen molar-refractivity contribution in [2.45, 2.75) is 18.2 Å². The summed E-state index contributed by atoms with van der Waals surface area (Å²) in [5, 5.41) is 22.0. The fourth-order valence-corrected chi connectivity index (χ4v) is 3.95. The van der Waals surface area contributed by atoms with Gasteiger partial charge in [-0.25, -0.2) is 13.1 Å². The van der Waals surface area contributed by atoms with E-state index in [2.05, 4.69) is 4.72 Å². The van der Waals surface area contributed by atoms with E-state index in [1.807, 2.05) is 0 Å². The molecule has 0 bridgehead atoms. The standard InChI is InChI=1S/C16H15ClN2O6S/c17-14-7-6-12(19(22)23)8-13(14)15(9-16(20)21)18-26(24,25)10-11-4-2-1-3-5-11/h1-8,15,18H,9-10H2,(H,20,21)/p-1/t15-/m1/s1. The number of nitro groups is 1. The Labute approximate surface area is 154 Å². The van der Waals surface area contributed by atoms with Crippen molar-refractivity contribution in [3.8, 4) is 0 Å². The molecule has 2 rings (SSSR count). The highest BCUT2D eigenvalue weighted by atomic mass is 35.5. The molecule has 10 heteroatoms. The third kappa shape index (κ3) is 5.51. The Balaban J connectivity index is 2.34. The van der Waals surface area contributed by atoms with Gasteiger partial charge in [-0.1, -0.05) is 41.9 Å². The van der Waals surface area contributed by atoms with E-state index < -0.39 is 33.4 Å². The van der Waals surface area contributed by atoms with Crippen LogP contribution in [0.4, 0.5) is 5.69 Å². The second kappa shape index (κ2) is 8.26. The fourth-order valence-electron chi connectivity index (χ4n) is 2.35. The number of hydrogen-bond donors (Lipinski definition) is 1. The second-order valence-corrected chi connectivity index (χ2v) is 7.62. The van der Waals surface area contributed by atoms with Gasteiger partial charge in [0.05, 0.1) is 16.7 Å². The number of halogens is 1. The van der Waals surface area contributed by atoms with E-state index in [0.29, 0.717) is 5.56 Å². The molecule has 0 fully saturated rings. The van der Waals surface area contributed by atoms with Crippen LogP contribution in [-0.4, -0.2) is 19.3 Å². The number of nitro benzene ring substituents is 1. The summed E-state index contributed by atoms with van der Waals surface area (Å²) in [5.41, 5.74) is 0.147. The molecule has 8 nitrogen and oxygen atoms in total. The van der Waals surface area contributed by atoms with E-state index in [1.54, 1.807) is 30.3 Å². The first-order chi connectivity index (χ1) is 12.2. The molecule has 0 unspecified atom stereocenters. The summed E-state index contributed by atoms with van der Waals surface area (Å²) < 4.78 is 27.0. The number of carboxylic acid groups (broad SMARTS) is 1. The van der Waals surface area contributed by atoms with Gasteiger partial charge in [-0.2, -0.15) is 0 Å². The molecule has 0 saturated heterocycles. The Morgan fingerprint density at radius 1 is 1.19 bits per heavy atom. The fraction of sp³-hybridized carbons (Fsp3) is 0.188. The van der Waals surface area contributed by atoms with Crippen molar-refractivity contribution in [1.82, 2.24) is 4.72 Å². The SMILES string of the molecule is O=C([O-])C[C@@H](NS(=O)(=O)Cc1ccccc1)c1cc([N+](=O)[O-])ccc1Cl. The average Bonchev–Trinajstić information content (AvgIpc) is 2.54. The molecule has 1 atom stereocenters. The smallest absolute Gasteiger partial charge is 0.269 e. The normalized spacial score (nSPS) is 12.5. The molecule has 0 spiro atoms.